The largest absolute Gasteiger partial charge is 0.354 e. The number of nitrogens with one attached hydrogen (secondary N) is 2. The Balaban J connectivity index is 2.65. The number of aromatic nitrogens is 1. The summed E-state index contributed by atoms with van der Waals surface area (Å²) in [6.07, 6.45) is 1.59. The van der Waals surface area contributed by atoms with Crippen molar-refractivity contribution in [1.29, 1.82) is 0 Å². The van der Waals surface area contributed by atoms with Crippen LogP contribution in [0.3, 0.4) is 0 Å². The monoisotopic (exact) mass is 311 g/mol. The van der Waals surface area contributed by atoms with Gasteiger partial charge in [-0.1, -0.05) is 11.6 Å². The Bertz CT molecular complexity index is 485. The topological polar surface area (TPSA) is 69.6 Å². The first-order valence-electron chi connectivity index (χ1n) is 6.74. The van der Waals surface area contributed by atoms with Crippen LogP contribution in [0, 0.1) is 0 Å². The number of hydrogen-bond donors (Lipinski definition) is 2. The number of rotatable bonds is 5. The van der Waals surface area contributed by atoms with Gasteiger partial charge in [-0.3, -0.25) is 9.78 Å². The third-order valence-corrected chi connectivity index (χ3v) is 2.74. The number of likely N-dealkylation sites (N-methyl/N-ethyl adjacent to an activating group) is 1. The number of nitrogens with zero attached hydrogens (tertiary/aromatic N) is 3. The Morgan fingerprint density at radius 1 is 1.43 bits per heavy atom. The maximum Gasteiger partial charge on any atom is 0.241 e. The van der Waals surface area contributed by atoms with Gasteiger partial charge in [0.15, 0.2) is 5.96 Å². The molecular formula is C14H22ClN5O. The zero-order chi connectivity index (χ0) is 15.8. The molecule has 1 amide bonds. The predicted molar refractivity (Wildman–Crippen MR) is 85.4 cm³/mol. The molecular weight excluding hydrogens is 290 g/mol. The lowest BCUT2D eigenvalue weighted by molar-refractivity contribution is -0.127. The van der Waals surface area contributed by atoms with E-state index in [1.54, 1.807) is 26.4 Å². The molecule has 6 nitrogen and oxygen atoms in total. The van der Waals surface area contributed by atoms with Crippen molar-refractivity contribution in [1.82, 2.24) is 20.5 Å². The van der Waals surface area contributed by atoms with E-state index in [1.807, 2.05) is 19.9 Å². The molecule has 1 aromatic heterocycles. The summed E-state index contributed by atoms with van der Waals surface area (Å²) in [6, 6.07) is 3.81. The van der Waals surface area contributed by atoms with Crippen molar-refractivity contribution in [2.75, 3.05) is 20.6 Å². The summed E-state index contributed by atoms with van der Waals surface area (Å²) < 4.78 is 0. The maximum absolute atomic E-state index is 11.6. The summed E-state index contributed by atoms with van der Waals surface area (Å²) in [5, 5.41) is 6.77. The van der Waals surface area contributed by atoms with Gasteiger partial charge in [0.2, 0.25) is 5.91 Å². The van der Waals surface area contributed by atoms with E-state index in [2.05, 4.69) is 20.6 Å². The Labute approximate surface area is 130 Å². The fraction of sp³-hybridized carbons (Fsp3) is 0.500. The van der Waals surface area contributed by atoms with Crippen molar-refractivity contribution < 1.29 is 4.79 Å². The molecule has 0 aliphatic carbocycles. The molecule has 0 saturated heterocycles. The summed E-state index contributed by atoms with van der Waals surface area (Å²) in [5.41, 5.74) is 0.809. The summed E-state index contributed by atoms with van der Waals surface area (Å²) in [4.78, 5) is 21.7. The van der Waals surface area contributed by atoms with Gasteiger partial charge in [0.25, 0.3) is 0 Å². The molecule has 0 aliphatic heterocycles. The highest BCUT2D eigenvalue weighted by atomic mass is 35.5. The molecule has 0 spiro atoms. The zero-order valence-corrected chi connectivity index (χ0v) is 13.6. The van der Waals surface area contributed by atoms with Crippen LogP contribution >= 0.6 is 11.6 Å². The SMILES string of the molecule is CC(C)NC(=NCc1ccc(Cl)cn1)NCC(=O)N(C)C. The highest BCUT2D eigenvalue weighted by molar-refractivity contribution is 6.30. The first kappa shape index (κ1) is 17.2. The number of hydrogen-bond acceptors (Lipinski definition) is 3. The minimum atomic E-state index is -0.0159. The number of amides is 1. The maximum atomic E-state index is 11.6. The van der Waals surface area contributed by atoms with Gasteiger partial charge >= 0.3 is 0 Å². The minimum Gasteiger partial charge on any atom is -0.354 e. The highest BCUT2D eigenvalue weighted by Crippen LogP contribution is 2.06. The van der Waals surface area contributed by atoms with Gasteiger partial charge in [-0.15, -0.1) is 0 Å². The number of pyridine rings is 1. The van der Waals surface area contributed by atoms with Gasteiger partial charge in [0, 0.05) is 26.3 Å². The molecule has 0 unspecified atom stereocenters. The van der Waals surface area contributed by atoms with Crippen molar-refractivity contribution in [2.24, 2.45) is 4.99 Å². The second kappa shape index (κ2) is 8.46. The lowest BCUT2D eigenvalue weighted by Gasteiger charge is -2.16. The van der Waals surface area contributed by atoms with E-state index in [0.717, 1.165) is 5.69 Å². The molecule has 0 aromatic carbocycles. The summed E-state index contributed by atoms with van der Waals surface area (Å²) in [7, 11) is 3.43. The van der Waals surface area contributed by atoms with Crippen molar-refractivity contribution in [2.45, 2.75) is 26.4 Å². The van der Waals surface area contributed by atoms with Crippen LogP contribution in [0.2, 0.25) is 5.02 Å². The molecule has 1 rings (SSSR count). The van der Waals surface area contributed by atoms with E-state index in [9.17, 15) is 4.79 Å². The third kappa shape index (κ3) is 6.94. The zero-order valence-electron chi connectivity index (χ0n) is 12.9. The quantitative estimate of drug-likeness (QED) is 0.634. The molecule has 0 fully saturated rings. The second-order valence-electron chi connectivity index (χ2n) is 5.07. The second-order valence-corrected chi connectivity index (χ2v) is 5.51. The van der Waals surface area contributed by atoms with Gasteiger partial charge in [-0.2, -0.15) is 0 Å². The Kier molecular flexibility index (Phi) is 6.94. The Morgan fingerprint density at radius 3 is 2.67 bits per heavy atom. The molecule has 1 heterocycles. The van der Waals surface area contributed by atoms with E-state index < -0.39 is 0 Å². The molecule has 0 atom stereocenters. The Hall–Kier alpha value is -1.82. The first-order chi connectivity index (χ1) is 9.88. The van der Waals surface area contributed by atoms with Gasteiger partial charge in [-0.25, -0.2) is 4.99 Å². The highest BCUT2D eigenvalue weighted by Gasteiger charge is 2.07. The molecule has 2 N–H and O–H groups in total. The average molecular weight is 312 g/mol. The fourth-order valence-corrected chi connectivity index (χ4v) is 1.52. The molecule has 0 saturated carbocycles. The van der Waals surface area contributed by atoms with Crippen molar-refractivity contribution in [3.05, 3.63) is 29.0 Å². The lowest BCUT2D eigenvalue weighted by Crippen LogP contribution is -2.45. The number of guanidine groups is 1. The normalized spacial score (nSPS) is 11.4. The number of carbonyl (C=O) groups excluding carboxylic acids is 1. The fourth-order valence-electron chi connectivity index (χ4n) is 1.40. The van der Waals surface area contributed by atoms with Gasteiger partial charge < -0.3 is 15.5 Å². The van der Waals surface area contributed by atoms with E-state index >= 15 is 0 Å². The summed E-state index contributed by atoms with van der Waals surface area (Å²) >= 11 is 5.79. The standard InChI is InChI=1S/C14H22ClN5O/c1-10(2)19-14(18-9-13(21)20(3)4)17-8-12-6-5-11(15)7-16-12/h5-7,10H,8-9H2,1-4H3,(H2,17,18,19). The van der Waals surface area contributed by atoms with Crippen LogP contribution in [-0.2, 0) is 11.3 Å². The Morgan fingerprint density at radius 2 is 2.14 bits per heavy atom. The molecule has 0 radical (unpaired) electrons. The first-order valence-corrected chi connectivity index (χ1v) is 7.11. The molecule has 21 heavy (non-hydrogen) atoms. The summed E-state index contributed by atoms with van der Waals surface area (Å²) in [6.45, 7) is 4.62. The third-order valence-electron chi connectivity index (χ3n) is 2.52. The van der Waals surface area contributed by atoms with E-state index in [-0.39, 0.29) is 18.5 Å². The van der Waals surface area contributed by atoms with Crippen LogP contribution in [-0.4, -0.2) is 48.4 Å². The van der Waals surface area contributed by atoms with Crippen molar-refractivity contribution >= 4 is 23.5 Å². The van der Waals surface area contributed by atoms with Crippen molar-refractivity contribution in [3.8, 4) is 0 Å². The smallest absolute Gasteiger partial charge is 0.241 e. The average Bonchev–Trinajstić information content (AvgIpc) is 2.42. The van der Waals surface area contributed by atoms with Gasteiger partial charge in [0.1, 0.15) is 0 Å². The van der Waals surface area contributed by atoms with Crippen molar-refractivity contribution in [3.63, 3.8) is 0 Å². The molecule has 7 heteroatoms. The number of carbonyl (C=O) groups is 1. The summed E-state index contributed by atoms with van der Waals surface area (Å²) in [5.74, 6) is 0.565. The predicted octanol–water partition coefficient (Wildman–Crippen LogP) is 1.27. The minimum absolute atomic E-state index is 0.0159. The van der Waals surface area contributed by atoms with Crippen LogP contribution in [0.4, 0.5) is 0 Å². The van der Waals surface area contributed by atoms with E-state index in [4.69, 9.17) is 11.6 Å². The van der Waals surface area contributed by atoms with Crippen LogP contribution in [0.1, 0.15) is 19.5 Å². The number of aliphatic imine (C=N–C) groups is 1. The van der Waals surface area contributed by atoms with Gasteiger partial charge in [-0.05, 0) is 26.0 Å². The van der Waals surface area contributed by atoms with Crippen LogP contribution in [0.15, 0.2) is 23.3 Å². The molecule has 116 valence electrons. The van der Waals surface area contributed by atoms with Crippen LogP contribution < -0.4 is 10.6 Å². The molecule has 0 bridgehead atoms. The van der Waals surface area contributed by atoms with E-state index in [1.165, 1.54) is 4.90 Å². The molecule has 1 aromatic rings. The van der Waals surface area contributed by atoms with Gasteiger partial charge in [0.05, 0.1) is 23.8 Å². The number of halogens is 1. The molecule has 0 aliphatic rings. The lowest BCUT2D eigenvalue weighted by atomic mass is 10.3. The van der Waals surface area contributed by atoms with Crippen LogP contribution in [0.5, 0.6) is 0 Å². The van der Waals surface area contributed by atoms with E-state index in [0.29, 0.717) is 17.5 Å². The van der Waals surface area contributed by atoms with Crippen LogP contribution in [0.25, 0.3) is 0 Å².